The Labute approximate surface area is 194 Å². The van der Waals surface area contributed by atoms with Gasteiger partial charge >= 0.3 is 0 Å². The van der Waals surface area contributed by atoms with Gasteiger partial charge in [0.05, 0.1) is 22.4 Å². The molecule has 1 fully saturated rings. The zero-order chi connectivity index (χ0) is 22.1. The number of halogens is 2. The summed E-state index contributed by atoms with van der Waals surface area (Å²) in [5.74, 6) is -0.0318. The summed E-state index contributed by atoms with van der Waals surface area (Å²) in [6.45, 7) is 5.23. The summed E-state index contributed by atoms with van der Waals surface area (Å²) in [4.78, 5) is 29.1. The third kappa shape index (κ3) is 4.63. The van der Waals surface area contributed by atoms with Gasteiger partial charge in [0.25, 0.3) is 11.5 Å². The average molecular weight is 477 g/mol. The van der Waals surface area contributed by atoms with Crippen LogP contribution in [0.4, 0.5) is 5.69 Å². The highest BCUT2D eigenvalue weighted by molar-refractivity contribution is 7.13. The molecule has 1 amide bonds. The molecule has 2 aromatic heterocycles. The molecule has 1 N–H and O–H groups in total. The molecule has 0 spiro atoms. The number of aromatic nitrogens is 2. The van der Waals surface area contributed by atoms with Crippen LogP contribution in [0.2, 0.25) is 10.0 Å². The number of nitrogens with one attached hydrogen (secondary N) is 1. The van der Waals surface area contributed by atoms with Crippen molar-refractivity contribution in [1.82, 2.24) is 15.1 Å². The second-order valence-corrected chi connectivity index (χ2v) is 9.71. The Morgan fingerprint density at radius 1 is 1.16 bits per heavy atom. The standard InChI is InChI=1S/C22H22Cl2N4O2S/c1-13-3-5-16(11-17(13)23)28-22(30)20(24)18(12-25-28)27-9-7-15(8-10-27)26-21(29)19-6-4-14(2)31-19/h3-6,11-12,15H,7-10H2,1-2H3,(H,26,29). The van der Waals surface area contributed by atoms with Crippen LogP contribution >= 0.6 is 34.5 Å². The van der Waals surface area contributed by atoms with Crippen LogP contribution in [-0.2, 0) is 0 Å². The van der Waals surface area contributed by atoms with Gasteiger partial charge < -0.3 is 10.2 Å². The van der Waals surface area contributed by atoms with Crippen molar-refractivity contribution >= 4 is 46.1 Å². The van der Waals surface area contributed by atoms with Crippen molar-refractivity contribution in [2.75, 3.05) is 18.0 Å². The Hall–Kier alpha value is -2.35. The highest BCUT2D eigenvalue weighted by Crippen LogP contribution is 2.26. The lowest BCUT2D eigenvalue weighted by Crippen LogP contribution is -2.45. The van der Waals surface area contributed by atoms with E-state index in [-0.39, 0.29) is 22.5 Å². The lowest BCUT2D eigenvalue weighted by molar-refractivity contribution is 0.0935. The number of benzene rings is 1. The number of amides is 1. The van der Waals surface area contributed by atoms with E-state index < -0.39 is 0 Å². The van der Waals surface area contributed by atoms with Gasteiger partial charge in [-0.1, -0.05) is 29.3 Å². The molecule has 31 heavy (non-hydrogen) atoms. The minimum absolute atomic E-state index is 0.0318. The largest absolute Gasteiger partial charge is 0.369 e. The monoisotopic (exact) mass is 476 g/mol. The van der Waals surface area contributed by atoms with Crippen LogP contribution in [0.15, 0.2) is 41.3 Å². The molecule has 1 aromatic carbocycles. The average Bonchev–Trinajstić information content (AvgIpc) is 3.19. The van der Waals surface area contributed by atoms with E-state index in [1.165, 1.54) is 16.0 Å². The summed E-state index contributed by atoms with van der Waals surface area (Å²) in [6, 6.07) is 9.22. The summed E-state index contributed by atoms with van der Waals surface area (Å²) in [7, 11) is 0. The van der Waals surface area contributed by atoms with E-state index in [0.717, 1.165) is 28.2 Å². The van der Waals surface area contributed by atoms with E-state index >= 15 is 0 Å². The summed E-state index contributed by atoms with van der Waals surface area (Å²) < 4.78 is 1.26. The minimum atomic E-state index is -0.387. The molecule has 4 rings (SSSR count). The van der Waals surface area contributed by atoms with Crippen molar-refractivity contribution in [2.24, 2.45) is 0 Å². The molecule has 1 saturated heterocycles. The Balaban J connectivity index is 1.45. The normalized spacial score (nSPS) is 14.6. The highest BCUT2D eigenvalue weighted by Gasteiger charge is 2.24. The first-order valence-electron chi connectivity index (χ1n) is 10.00. The molecule has 0 saturated carbocycles. The van der Waals surface area contributed by atoms with Crippen LogP contribution in [-0.4, -0.2) is 34.8 Å². The van der Waals surface area contributed by atoms with Gasteiger partial charge in [-0.05, 0) is 56.5 Å². The topological polar surface area (TPSA) is 67.2 Å². The van der Waals surface area contributed by atoms with Gasteiger partial charge in [-0.25, -0.2) is 0 Å². The third-order valence-electron chi connectivity index (χ3n) is 5.44. The van der Waals surface area contributed by atoms with Crippen LogP contribution in [0, 0.1) is 13.8 Å². The number of aryl methyl sites for hydroxylation is 2. The van der Waals surface area contributed by atoms with Gasteiger partial charge in [0, 0.05) is 29.0 Å². The number of piperidine rings is 1. The first kappa shape index (κ1) is 21.9. The van der Waals surface area contributed by atoms with E-state index in [1.54, 1.807) is 18.3 Å². The number of carbonyl (C=O) groups is 1. The molecule has 1 aliphatic heterocycles. The molecular formula is C22H22Cl2N4O2S. The summed E-state index contributed by atoms with van der Waals surface area (Å²) in [5.41, 5.74) is 1.71. The molecule has 3 heterocycles. The van der Waals surface area contributed by atoms with Crippen LogP contribution in [0.1, 0.15) is 33.0 Å². The van der Waals surface area contributed by atoms with Crippen molar-refractivity contribution < 1.29 is 4.79 Å². The smallest absolute Gasteiger partial charge is 0.292 e. The Kier molecular flexibility index (Phi) is 6.36. The van der Waals surface area contributed by atoms with Crippen molar-refractivity contribution in [3.05, 3.63) is 72.2 Å². The van der Waals surface area contributed by atoms with Gasteiger partial charge in [-0.15, -0.1) is 11.3 Å². The molecule has 162 valence electrons. The van der Waals surface area contributed by atoms with Crippen molar-refractivity contribution in [2.45, 2.75) is 32.7 Å². The van der Waals surface area contributed by atoms with Crippen LogP contribution in [0.25, 0.3) is 5.69 Å². The second-order valence-electron chi connectivity index (χ2n) is 7.64. The first-order chi connectivity index (χ1) is 14.8. The Morgan fingerprint density at radius 3 is 2.55 bits per heavy atom. The number of hydrogen-bond donors (Lipinski definition) is 1. The summed E-state index contributed by atoms with van der Waals surface area (Å²) in [6.07, 6.45) is 3.15. The van der Waals surface area contributed by atoms with Gasteiger partial charge in [0.1, 0.15) is 5.02 Å². The molecule has 0 atom stereocenters. The highest BCUT2D eigenvalue weighted by atomic mass is 35.5. The van der Waals surface area contributed by atoms with E-state index in [4.69, 9.17) is 23.2 Å². The van der Waals surface area contributed by atoms with Crippen LogP contribution in [0.5, 0.6) is 0 Å². The number of nitrogens with zero attached hydrogens (tertiary/aromatic N) is 3. The molecule has 9 heteroatoms. The fourth-order valence-corrected chi connectivity index (χ4v) is 4.81. The molecule has 0 bridgehead atoms. The molecule has 3 aromatic rings. The number of anilines is 1. The minimum Gasteiger partial charge on any atom is -0.369 e. The molecular weight excluding hydrogens is 455 g/mol. The lowest BCUT2D eigenvalue weighted by atomic mass is 10.0. The van der Waals surface area contributed by atoms with E-state index in [0.29, 0.717) is 29.5 Å². The number of carbonyl (C=O) groups excluding carboxylic acids is 1. The van der Waals surface area contributed by atoms with Gasteiger partial charge in [-0.3, -0.25) is 9.59 Å². The van der Waals surface area contributed by atoms with Crippen molar-refractivity contribution in [3.63, 3.8) is 0 Å². The van der Waals surface area contributed by atoms with Gasteiger partial charge in [-0.2, -0.15) is 9.78 Å². The molecule has 0 radical (unpaired) electrons. The second kappa shape index (κ2) is 9.02. The zero-order valence-corrected chi connectivity index (χ0v) is 19.5. The summed E-state index contributed by atoms with van der Waals surface area (Å²) >= 11 is 14.1. The van der Waals surface area contributed by atoms with Gasteiger partial charge in [0.2, 0.25) is 0 Å². The van der Waals surface area contributed by atoms with E-state index in [2.05, 4.69) is 10.4 Å². The number of hydrogen-bond acceptors (Lipinski definition) is 5. The fraction of sp³-hybridized carbons (Fsp3) is 0.318. The van der Waals surface area contributed by atoms with Crippen molar-refractivity contribution in [1.29, 1.82) is 0 Å². The lowest BCUT2D eigenvalue weighted by Gasteiger charge is -2.34. The zero-order valence-electron chi connectivity index (χ0n) is 17.2. The maximum Gasteiger partial charge on any atom is 0.292 e. The fourth-order valence-electron chi connectivity index (χ4n) is 3.62. The number of thiophene rings is 1. The molecule has 0 aliphatic carbocycles. The predicted octanol–water partition coefficient (Wildman–Crippen LogP) is 4.62. The summed E-state index contributed by atoms with van der Waals surface area (Å²) in [5, 5.41) is 8.11. The quantitative estimate of drug-likeness (QED) is 0.596. The third-order valence-corrected chi connectivity index (χ3v) is 7.20. The predicted molar refractivity (Wildman–Crippen MR) is 126 cm³/mol. The molecule has 1 aliphatic rings. The van der Waals surface area contributed by atoms with Crippen LogP contribution in [0.3, 0.4) is 0 Å². The van der Waals surface area contributed by atoms with Crippen molar-refractivity contribution in [3.8, 4) is 5.69 Å². The van der Waals surface area contributed by atoms with Crippen LogP contribution < -0.4 is 15.8 Å². The Bertz CT molecular complexity index is 1180. The maximum absolute atomic E-state index is 12.8. The molecule has 6 nitrogen and oxygen atoms in total. The molecule has 0 unspecified atom stereocenters. The Morgan fingerprint density at radius 2 is 1.90 bits per heavy atom. The van der Waals surface area contributed by atoms with E-state index in [1.807, 2.05) is 36.9 Å². The van der Waals surface area contributed by atoms with E-state index in [9.17, 15) is 9.59 Å². The first-order valence-corrected chi connectivity index (χ1v) is 11.6. The number of rotatable bonds is 4. The maximum atomic E-state index is 12.8. The SMILES string of the molecule is Cc1ccc(C(=O)NC2CCN(c3cnn(-c4ccc(C)c(Cl)c4)c(=O)c3Cl)CC2)s1. The van der Waals surface area contributed by atoms with Gasteiger partial charge in [0.15, 0.2) is 0 Å².